The molecule has 1 aromatic carbocycles. The number of aryl methyl sites for hydroxylation is 1. The molecule has 0 N–H and O–H groups in total. The zero-order valence-electron chi connectivity index (χ0n) is 9.99. The fourth-order valence-corrected chi connectivity index (χ4v) is 2.28. The fourth-order valence-electron chi connectivity index (χ4n) is 1.58. The van der Waals surface area contributed by atoms with Gasteiger partial charge in [-0.1, -0.05) is 12.1 Å². The Kier molecular flexibility index (Phi) is 4.61. The predicted molar refractivity (Wildman–Crippen MR) is 77.0 cm³/mol. The highest BCUT2D eigenvalue weighted by Crippen LogP contribution is 2.27. The van der Waals surface area contributed by atoms with E-state index in [0.29, 0.717) is 12.5 Å². The highest BCUT2D eigenvalue weighted by Gasteiger charge is 2.03. The Hall–Kier alpha value is -1.06. The van der Waals surface area contributed by atoms with Crippen molar-refractivity contribution in [2.24, 2.45) is 0 Å². The maximum atomic E-state index is 5.77. The van der Waals surface area contributed by atoms with Crippen LogP contribution in [0, 0.1) is 6.92 Å². The van der Waals surface area contributed by atoms with Gasteiger partial charge in [-0.15, -0.1) is 11.6 Å². The van der Waals surface area contributed by atoms with Gasteiger partial charge < -0.3 is 4.74 Å². The number of aromatic nitrogens is 1. The lowest BCUT2D eigenvalue weighted by atomic mass is 10.2. The van der Waals surface area contributed by atoms with E-state index in [1.807, 2.05) is 43.3 Å². The molecule has 0 unspecified atom stereocenters. The topological polar surface area (TPSA) is 22.1 Å². The average Bonchev–Trinajstić information content (AvgIpc) is 2.37. The number of nitrogens with zero attached hydrogens (tertiary/aromatic N) is 1. The molecule has 0 fully saturated rings. The fraction of sp³-hybridized carbons (Fsp3) is 0.214. The van der Waals surface area contributed by atoms with Crippen LogP contribution in [0.1, 0.15) is 17.0 Å². The normalized spacial score (nSPS) is 10.4. The predicted octanol–water partition coefficient (Wildman–Crippen LogP) is 4.47. The van der Waals surface area contributed by atoms with Crippen LogP contribution in [0.15, 0.2) is 40.9 Å². The van der Waals surface area contributed by atoms with E-state index < -0.39 is 0 Å². The summed E-state index contributed by atoms with van der Waals surface area (Å²) < 4.78 is 6.64. The Morgan fingerprint density at radius 3 is 2.78 bits per heavy atom. The first-order valence-corrected chi connectivity index (χ1v) is 6.91. The number of halogens is 2. The summed E-state index contributed by atoms with van der Waals surface area (Å²) in [6.07, 6.45) is 0. The number of pyridine rings is 1. The van der Waals surface area contributed by atoms with Crippen molar-refractivity contribution in [3.63, 3.8) is 0 Å². The van der Waals surface area contributed by atoms with Crippen molar-refractivity contribution in [2.45, 2.75) is 19.4 Å². The summed E-state index contributed by atoms with van der Waals surface area (Å²) in [4.78, 5) is 4.39. The first kappa shape index (κ1) is 13.4. The summed E-state index contributed by atoms with van der Waals surface area (Å²) in [7, 11) is 0. The number of alkyl halides is 1. The van der Waals surface area contributed by atoms with Crippen LogP contribution in [-0.4, -0.2) is 4.98 Å². The van der Waals surface area contributed by atoms with E-state index in [2.05, 4.69) is 20.9 Å². The van der Waals surface area contributed by atoms with Gasteiger partial charge in [0.15, 0.2) is 0 Å². The minimum atomic E-state index is 0.459. The van der Waals surface area contributed by atoms with Crippen molar-refractivity contribution < 1.29 is 4.74 Å². The third-order valence-corrected chi connectivity index (χ3v) is 3.40. The molecule has 0 spiro atoms. The summed E-state index contributed by atoms with van der Waals surface area (Å²) in [6, 6.07) is 11.7. The molecule has 0 saturated heterocycles. The van der Waals surface area contributed by atoms with Crippen molar-refractivity contribution in [3.8, 4) is 5.75 Å². The number of rotatable bonds is 4. The summed E-state index contributed by atoms with van der Waals surface area (Å²) in [5, 5.41) is 0. The Morgan fingerprint density at radius 1 is 1.28 bits per heavy atom. The minimum absolute atomic E-state index is 0.459. The van der Waals surface area contributed by atoms with E-state index in [1.54, 1.807) is 0 Å². The zero-order valence-corrected chi connectivity index (χ0v) is 12.3. The second kappa shape index (κ2) is 6.21. The van der Waals surface area contributed by atoms with E-state index in [-0.39, 0.29) is 0 Å². The molecule has 0 aliphatic carbocycles. The van der Waals surface area contributed by atoms with Gasteiger partial charge in [-0.2, -0.15) is 0 Å². The number of ether oxygens (including phenoxy) is 1. The molecule has 0 aliphatic heterocycles. The lowest BCUT2D eigenvalue weighted by Crippen LogP contribution is -1.99. The SMILES string of the molecule is Cc1cccc(COc2ccc(CCl)cc2Br)n1. The van der Waals surface area contributed by atoms with Crippen molar-refractivity contribution in [1.29, 1.82) is 0 Å². The number of benzene rings is 1. The van der Waals surface area contributed by atoms with Crippen LogP contribution in [-0.2, 0) is 12.5 Å². The molecular weight excluding hydrogens is 314 g/mol. The highest BCUT2D eigenvalue weighted by atomic mass is 79.9. The molecule has 1 aromatic heterocycles. The molecule has 1 heterocycles. The molecule has 4 heteroatoms. The van der Waals surface area contributed by atoms with Crippen LogP contribution in [0.25, 0.3) is 0 Å². The lowest BCUT2D eigenvalue weighted by molar-refractivity contribution is 0.299. The van der Waals surface area contributed by atoms with E-state index in [0.717, 1.165) is 27.2 Å². The molecule has 0 aliphatic rings. The van der Waals surface area contributed by atoms with E-state index in [4.69, 9.17) is 16.3 Å². The quantitative estimate of drug-likeness (QED) is 0.773. The molecule has 0 radical (unpaired) electrons. The second-order valence-electron chi connectivity index (χ2n) is 3.96. The Balaban J connectivity index is 2.06. The van der Waals surface area contributed by atoms with Gasteiger partial charge in [0.05, 0.1) is 10.2 Å². The van der Waals surface area contributed by atoms with Gasteiger partial charge >= 0.3 is 0 Å². The Bertz CT molecular complexity index is 545. The van der Waals surface area contributed by atoms with Gasteiger partial charge in [-0.05, 0) is 52.7 Å². The van der Waals surface area contributed by atoms with Crippen LogP contribution >= 0.6 is 27.5 Å². The minimum Gasteiger partial charge on any atom is -0.486 e. The van der Waals surface area contributed by atoms with E-state index >= 15 is 0 Å². The first-order valence-electron chi connectivity index (χ1n) is 5.59. The van der Waals surface area contributed by atoms with Crippen molar-refractivity contribution in [3.05, 3.63) is 57.8 Å². The summed E-state index contributed by atoms with van der Waals surface area (Å²) in [5.74, 6) is 1.30. The van der Waals surface area contributed by atoms with Crippen LogP contribution < -0.4 is 4.74 Å². The largest absolute Gasteiger partial charge is 0.486 e. The Labute approximate surface area is 120 Å². The molecule has 2 nitrogen and oxygen atoms in total. The van der Waals surface area contributed by atoms with E-state index in [1.165, 1.54) is 0 Å². The summed E-state index contributed by atoms with van der Waals surface area (Å²) in [6.45, 7) is 2.43. The molecule has 0 atom stereocenters. The number of hydrogen-bond acceptors (Lipinski definition) is 2. The molecule has 18 heavy (non-hydrogen) atoms. The summed E-state index contributed by atoms with van der Waals surface area (Å²) >= 11 is 9.24. The molecule has 0 amide bonds. The molecule has 2 rings (SSSR count). The Morgan fingerprint density at radius 2 is 2.11 bits per heavy atom. The third-order valence-electron chi connectivity index (χ3n) is 2.47. The highest BCUT2D eigenvalue weighted by molar-refractivity contribution is 9.10. The van der Waals surface area contributed by atoms with Crippen LogP contribution in [0.2, 0.25) is 0 Å². The molecule has 2 aromatic rings. The zero-order chi connectivity index (χ0) is 13.0. The monoisotopic (exact) mass is 325 g/mol. The van der Waals surface area contributed by atoms with Crippen molar-refractivity contribution in [2.75, 3.05) is 0 Å². The van der Waals surface area contributed by atoms with Gasteiger partial charge in [0.25, 0.3) is 0 Å². The maximum absolute atomic E-state index is 5.77. The standard InChI is InChI=1S/C14H13BrClNO/c1-10-3-2-4-12(17-10)9-18-14-6-5-11(8-16)7-13(14)15/h2-7H,8-9H2,1H3. The molecule has 0 bridgehead atoms. The van der Waals surface area contributed by atoms with Crippen LogP contribution in [0.3, 0.4) is 0 Å². The maximum Gasteiger partial charge on any atom is 0.134 e. The first-order chi connectivity index (χ1) is 8.69. The summed E-state index contributed by atoms with van der Waals surface area (Å²) in [5.41, 5.74) is 2.97. The second-order valence-corrected chi connectivity index (χ2v) is 5.08. The lowest BCUT2D eigenvalue weighted by Gasteiger charge is -2.09. The smallest absolute Gasteiger partial charge is 0.134 e. The van der Waals surface area contributed by atoms with Gasteiger partial charge in [0, 0.05) is 11.6 Å². The number of hydrogen-bond donors (Lipinski definition) is 0. The van der Waals surface area contributed by atoms with Gasteiger partial charge in [0.2, 0.25) is 0 Å². The molecule has 94 valence electrons. The molecular formula is C14H13BrClNO. The van der Waals surface area contributed by atoms with Gasteiger partial charge in [-0.25, -0.2) is 0 Å². The van der Waals surface area contributed by atoms with Gasteiger partial charge in [0.1, 0.15) is 12.4 Å². The van der Waals surface area contributed by atoms with Crippen molar-refractivity contribution >= 4 is 27.5 Å². The molecule has 0 saturated carbocycles. The van der Waals surface area contributed by atoms with E-state index in [9.17, 15) is 0 Å². The van der Waals surface area contributed by atoms with Crippen LogP contribution in [0.5, 0.6) is 5.75 Å². The van der Waals surface area contributed by atoms with Gasteiger partial charge in [-0.3, -0.25) is 4.98 Å². The third kappa shape index (κ3) is 3.47. The average molecular weight is 327 g/mol. The van der Waals surface area contributed by atoms with Crippen molar-refractivity contribution in [1.82, 2.24) is 4.98 Å². The van der Waals surface area contributed by atoms with Crippen LogP contribution in [0.4, 0.5) is 0 Å².